The Bertz CT molecular complexity index is 607. The number of methoxy groups -OCH3 is 1. The highest BCUT2D eigenvalue weighted by Crippen LogP contribution is 2.42. The highest BCUT2D eigenvalue weighted by Gasteiger charge is 2.45. The summed E-state index contributed by atoms with van der Waals surface area (Å²) in [5.41, 5.74) is 0.685. The van der Waals surface area contributed by atoms with E-state index in [9.17, 15) is 13.5 Å². The van der Waals surface area contributed by atoms with Gasteiger partial charge in [0.2, 0.25) is 0 Å². The summed E-state index contributed by atoms with van der Waals surface area (Å²) in [6.45, 7) is 6.09. The molecule has 0 amide bonds. The molecule has 0 aliphatic heterocycles. The van der Waals surface area contributed by atoms with Crippen LogP contribution in [0.4, 0.5) is 0 Å². The molecule has 0 saturated heterocycles. The van der Waals surface area contributed by atoms with Gasteiger partial charge in [-0.05, 0) is 41.9 Å². The summed E-state index contributed by atoms with van der Waals surface area (Å²) in [6.07, 6.45) is 0.542. The molecule has 4 nitrogen and oxygen atoms in total. The van der Waals surface area contributed by atoms with Gasteiger partial charge in [0.15, 0.2) is 9.84 Å². The van der Waals surface area contributed by atoms with Gasteiger partial charge in [-0.3, -0.25) is 0 Å². The normalized spacial score (nSPS) is 28.3. The molecule has 0 bridgehead atoms. The maximum Gasteiger partial charge on any atom is 0.160 e. The standard InChI is InChI=1S/C17H26O4S/c1-12-9-17(2,3)10-15(18)16(12)22(19,20)11-13-6-5-7-14(8-13)21-4/h5-8,12,15-16,18H,9-11H2,1-4H3/t12-,15+,16+/m0/s1. The number of ether oxygens (including phenoxy) is 1. The molecule has 0 heterocycles. The Morgan fingerprint density at radius 1 is 1.32 bits per heavy atom. The van der Waals surface area contributed by atoms with Gasteiger partial charge in [-0.15, -0.1) is 0 Å². The summed E-state index contributed by atoms with van der Waals surface area (Å²) in [4.78, 5) is 0. The van der Waals surface area contributed by atoms with Crippen LogP contribution in [-0.2, 0) is 15.6 Å². The van der Waals surface area contributed by atoms with Gasteiger partial charge in [0.1, 0.15) is 5.75 Å². The first kappa shape index (κ1) is 17.3. The lowest BCUT2D eigenvalue weighted by Gasteiger charge is -2.42. The lowest BCUT2D eigenvalue weighted by molar-refractivity contribution is 0.0432. The molecular weight excluding hydrogens is 300 g/mol. The number of hydrogen-bond acceptors (Lipinski definition) is 4. The molecule has 5 heteroatoms. The first-order chi connectivity index (χ1) is 10.1. The van der Waals surface area contributed by atoms with E-state index in [0.29, 0.717) is 17.7 Å². The van der Waals surface area contributed by atoms with Crippen molar-refractivity contribution in [1.82, 2.24) is 0 Å². The molecule has 22 heavy (non-hydrogen) atoms. The molecule has 1 aliphatic rings. The minimum atomic E-state index is -3.42. The quantitative estimate of drug-likeness (QED) is 0.924. The zero-order chi connectivity index (χ0) is 16.5. The van der Waals surface area contributed by atoms with E-state index in [4.69, 9.17) is 4.74 Å². The predicted octanol–water partition coefficient (Wildman–Crippen LogP) is 2.80. The third kappa shape index (κ3) is 3.82. The number of rotatable bonds is 4. The van der Waals surface area contributed by atoms with Gasteiger partial charge in [-0.25, -0.2) is 8.42 Å². The van der Waals surface area contributed by atoms with Crippen LogP contribution in [0.5, 0.6) is 5.75 Å². The SMILES string of the molecule is COc1cccc(CS(=O)(=O)[C@H]2[C@H](O)CC(C)(C)C[C@@H]2C)c1. The molecular formula is C17H26O4S. The monoisotopic (exact) mass is 326 g/mol. The molecule has 3 atom stereocenters. The summed E-state index contributed by atoms with van der Waals surface area (Å²) in [7, 11) is -1.86. The first-order valence-electron chi connectivity index (χ1n) is 7.67. The molecule has 1 aliphatic carbocycles. The molecule has 1 N–H and O–H groups in total. The van der Waals surface area contributed by atoms with Gasteiger partial charge in [-0.2, -0.15) is 0 Å². The first-order valence-corrected chi connectivity index (χ1v) is 9.39. The van der Waals surface area contributed by atoms with Gasteiger partial charge in [-0.1, -0.05) is 32.9 Å². The smallest absolute Gasteiger partial charge is 0.160 e. The zero-order valence-corrected chi connectivity index (χ0v) is 14.6. The van der Waals surface area contributed by atoms with Crippen molar-refractivity contribution in [2.45, 2.75) is 50.7 Å². The topological polar surface area (TPSA) is 63.6 Å². The minimum Gasteiger partial charge on any atom is -0.497 e. The van der Waals surface area contributed by atoms with E-state index in [1.54, 1.807) is 31.4 Å². The molecule has 124 valence electrons. The number of benzene rings is 1. The Labute approximate surface area is 133 Å². The summed E-state index contributed by atoms with van der Waals surface area (Å²) in [5.74, 6) is 0.539. The summed E-state index contributed by atoms with van der Waals surface area (Å²) < 4.78 is 30.7. The summed E-state index contributed by atoms with van der Waals surface area (Å²) in [5, 5.41) is 9.70. The van der Waals surface area contributed by atoms with E-state index in [-0.39, 0.29) is 17.1 Å². The van der Waals surface area contributed by atoms with Crippen molar-refractivity contribution in [2.75, 3.05) is 7.11 Å². The van der Waals surface area contributed by atoms with Crippen LogP contribution in [0.2, 0.25) is 0 Å². The van der Waals surface area contributed by atoms with E-state index >= 15 is 0 Å². The molecule has 1 aromatic rings. The van der Waals surface area contributed by atoms with Crippen LogP contribution in [0.1, 0.15) is 39.2 Å². The molecule has 0 aromatic heterocycles. The Hall–Kier alpha value is -1.07. The third-order valence-corrected chi connectivity index (χ3v) is 6.84. The molecule has 1 fully saturated rings. The zero-order valence-electron chi connectivity index (χ0n) is 13.7. The molecule has 0 unspecified atom stereocenters. The Morgan fingerprint density at radius 2 is 2.00 bits per heavy atom. The fraction of sp³-hybridized carbons (Fsp3) is 0.647. The van der Waals surface area contributed by atoms with Gasteiger partial charge >= 0.3 is 0 Å². The molecule has 0 spiro atoms. The van der Waals surface area contributed by atoms with E-state index < -0.39 is 21.2 Å². The highest BCUT2D eigenvalue weighted by atomic mass is 32.2. The average Bonchev–Trinajstić information content (AvgIpc) is 2.35. The van der Waals surface area contributed by atoms with Gasteiger partial charge < -0.3 is 9.84 Å². The van der Waals surface area contributed by atoms with Crippen molar-refractivity contribution in [3.05, 3.63) is 29.8 Å². The second kappa shape index (κ2) is 6.20. The molecule has 0 radical (unpaired) electrons. The summed E-state index contributed by atoms with van der Waals surface area (Å²) >= 11 is 0. The van der Waals surface area contributed by atoms with Crippen molar-refractivity contribution in [1.29, 1.82) is 0 Å². The van der Waals surface area contributed by atoms with Gasteiger partial charge in [0, 0.05) is 0 Å². The van der Waals surface area contributed by atoms with E-state index in [0.717, 1.165) is 6.42 Å². The van der Waals surface area contributed by atoms with E-state index in [1.165, 1.54) is 0 Å². The second-order valence-corrected chi connectivity index (χ2v) is 9.40. The Balaban J connectivity index is 2.22. The average molecular weight is 326 g/mol. The van der Waals surface area contributed by atoms with E-state index in [1.807, 2.05) is 6.92 Å². The predicted molar refractivity (Wildman–Crippen MR) is 87.6 cm³/mol. The van der Waals surface area contributed by atoms with Crippen LogP contribution < -0.4 is 4.74 Å². The van der Waals surface area contributed by atoms with Gasteiger partial charge in [0.25, 0.3) is 0 Å². The Morgan fingerprint density at radius 3 is 2.59 bits per heavy atom. The largest absolute Gasteiger partial charge is 0.497 e. The maximum atomic E-state index is 12.8. The van der Waals surface area contributed by atoms with Crippen molar-refractivity contribution in [3.8, 4) is 5.75 Å². The number of sulfone groups is 1. The van der Waals surface area contributed by atoms with Crippen LogP contribution in [0.3, 0.4) is 0 Å². The van der Waals surface area contributed by atoms with E-state index in [2.05, 4.69) is 13.8 Å². The number of aliphatic hydroxyl groups is 1. The van der Waals surface area contributed by atoms with Crippen molar-refractivity contribution in [3.63, 3.8) is 0 Å². The highest BCUT2D eigenvalue weighted by molar-refractivity contribution is 7.91. The molecule has 1 saturated carbocycles. The lowest BCUT2D eigenvalue weighted by Crippen LogP contribution is -2.47. The van der Waals surface area contributed by atoms with Crippen molar-refractivity contribution in [2.24, 2.45) is 11.3 Å². The number of hydrogen-bond donors (Lipinski definition) is 1. The van der Waals surface area contributed by atoms with Crippen molar-refractivity contribution < 1.29 is 18.3 Å². The number of aliphatic hydroxyl groups excluding tert-OH is 1. The summed E-state index contributed by atoms with van der Waals surface area (Å²) in [6, 6.07) is 7.09. The van der Waals surface area contributed by atoms with Crippen LogP contribution in [0.25, 0.3) is 0 Å². The third-order valence-electron chi connectivity index (χ3n) is 4.49. The van der Waals surface area contributed by atoms with Crippen LogP contribution in [0.15, 0.2) is 24.3 Å². The van der Waals surface area contributed by atoms with Crippen LogP contribution in [0, 0.1) is 11.3 Å². The fourth-order valence-corrected chi connectivity index (χ4v) is 6.03. The molecule has 1 aromatic carbocycles. The van der Waals surface area contributed by atoms with Gasteiger partial charge in [0.05, 0.1) is 24.2 Å². The minimum absolute atomic E-state index is 0.0131. The lowest BCUT2D eigenvalue weighted by atomic mass is 9.71. The second-order valence-electron chi connectivity index (χ2n) is 7.24. The van der Waals surface area contributed by atoms with Crippen molar-refractivity contribution >= 4 is 9.84 Å². The fourth-order valence-electron chi connectivity index (χ4n) is 3.82. The van der Waals surface area contributed by atoms with Crippen LogP contribution in [-0.4, -0.2) is 32.0 Å². The molecule has 2 rings (SSSR count). The Kier molecular flexibility index (Phi) is 4.87. The van der Waals surface area contributed by atoms with Crippen LogP contribution >= 0.6 is 0 Å². The maximum absolute atomic E-state index is 12.8.